The Hall–Kier alpha value is -2.60. The van der Waals surface area contributed by atoms with Crippen LogP contribution in [-0.2, 0) is 13.6 Å². The molecule has 0 N–H and O–H groups in total. The van der Waals surface area contributed by atoms with Gasteiger partial charge in [0.25, 0.3) is 5.24 Å². The average molecular weight is 336 g/mol. The third-order valence-corrected chi connectivity index (χ3v) is 4.84. The van der Waals surface area contributed by atoms with Crippen LogP contribution in [0.15, 0.2) is 48.5 Å². The zero-order valence-corrected chi connectivity index (χ0v) is 14.2. The van der Waals surface area contributed by atoms with E-state index in [1.54, 1.807) is 4.68 Å². The van der Waals surface area contributed by atoms with Crippen molar-refractivity contribution in [2.24, 2.45) is 7.05 Å². The van der Waals surface area contributed by atoms with E-state index in [0.717, 1.165) is 33.8 Å². The van der Waals surface area contributed by atoms with E-state index in [1.807, 2.05) is 54.6 Å². The summed E-state index contributed by atoms with van der Waals surface area (Å²) in [4.78, 5) is 14.4. The van der Waals surface area contributed by atoms with Gasteiger partial charge in [0, 0.05) is 18.2 Å². The number of rotatable bonds is 0. The number of aryl methyl sites for hydroxylation is 1. The van der Waals surface area contributed by atoms with Crippen LogP contribution in [0.5, 0.6) is 0 Å². The number of carbonyl (C=O) groups excluding carboxylic acids is 1. The Bertz CT molecular complexity index is 934. The second-order valence-electron chi connectivity index (χ2n) is 5.64. The first-order valence-corrected chi connectivity index (χ1v) is 8.86. The highest BCUT2D eigenvalue weighted by Gasteiger charge is 2.27. The highest BCUT2D eigenvalue weighted by atomic mass is 32.2. The maximum Gasteiger partial charge on any atom is 0.286 e. The maximum atomic E-state index is 12.6. The standard InChI is InChI=1S/C18H16N4OS/c1-21-17-13-8-4-3-7-12(13)11-22(18(23)24-2)15-10-6-5-9-14(15)16(17)19-20-21/h3-10H,11H2,1-2H3. The molecule has 6 heteroatoms. The van der Waals surface area contributed by atoms with Crippen molar-refractivity contribution in [3.05, 3.63) is 54.1 Å². The van der Waals surface area contributed by atoms with Crippen LogP contribution < -0.4 is 4.90 Å². The van der Waals surface area contributed by atoms with Crippen molar-refractivity contribution in [2.75, 3.05) is 11.2 Å². The molecule has 0 unspecified atom stereocenters. The van der Waals surface area contributed by atoms with Gasteiger partial charge in [0.15, 0.2) is 0 Å². The Morgan fingerprint density at radius 1 is 1.08 bits per heavy atom. The van der Waals surface area contributed by atoms with Crippen molar-refractivity contribution in [2.45, 2.75) is 6.54 Å². The third kappa shape index (κ3) is 2.22. The van der Waals surface area contributed by atoms with Crippen molar-refractivity contribution in [1.29, 1.82) is 0 Å². The zero-order valence-electron chi connectivity index (χ0n) is 13.4. The van der Waals surface area contributed by atoms with Crippen LogP contribution in [0.3, 0.4) is 0 Å². The van der Waals surface area contributed by atoms with Gasteiger partial charge in [-0.15, -0.1) is 5.10 Å². The summed E-state index contributed by atoms with van der Waals surface area (Å²) in [6.07, 6.45) is 1.81. The zero-order chi connectivity index (χ0) is 16.7. The number of nitrogens with zero attached hydrogens (tertiary/aromatic N) is 4. The minimum Gasteiger partial charge on any atom is -0.298 e. The number of anilines is 1. The summed E-state index contributed by atoms with van der Waals surface area (Å²) in [5.74, 6) is 0. The van der Waals surface area contributed by atoms with E-state index in [-0.39, 0.29) is 5.24 Å². The van der Waals surface area contributed by atoms with E-state index in [4.69, 9.17) is 0 Å². The predicted octanol–water partition coefficient (Wildman–Crippen LogP) is 3.95. The summed E-state index contributed by atoms with van der Waals surface area (Å²) in [6, 6.07) is 16.0. The van der Waals surface area contributed by atoms with Crippen molar-refractivity contribution in [3.63, 3.8) is 0 Å². The molecule has 0 spiro atoms. The Labute approximate surface area is 144 Å². The lowest BCUT2D eigenvalue weighted by molar-refractivity contribution is 0.265. The SMILES string of the molecule is CSC(=O)N1Cc2ccccc2-c2c(nnn2C)-c2ccccc21. The number of thioether (sulfide) groups is 1. The van der Waals surface area contributed by atoms with Crippen LogP contribution in [0.4, 0.5) is 10.5 Å². The molecule has 4 rings (SSSR count). The van der Waals surface area contributed by atoms with E-state index < -0.39 is 0 Å². The highest BCUT2D eigenvalue weighted by Crippen LogP contribution is 2.41. The fourth-order valence-corrected chi connectivity index (χ4v) is 3.55. The number of aromatic nitrogens is 3. The molecule has 1 aromatic heterocycles. The molecule has 0 aliphatic carbocycles. The van der Waals surface area contributed by atoms with E-state index >= 15 is 0 Å². The summed E-state index contributed by atoms with van der Waals surface area (Å²) in [5, 5.41) is 8.63. The largest absolute Gasteiger partial charge is 0.298 e. The molecule has 1 aliphatic rings. The van der Waals surface area contributed by atoms with Crippen LogP contribution in [0.2, 0.25) is 0 Å². The quantitative estimate of drug-likeness (QED) is 0.624. The molecule has 1 aliphatic heterocycles. The lowest BCUT2D eigenvalue weighted by Gasteiger charge is -2.27. The minimum atomic E-state index is 0.0181. The molecular formula is C18H16N4OS. The summed E-state index contributed by atoms with van der Waals surface area (Å²) in [6.45, 7) is 0.525. The van der Waals surface area contributed by atoms with Crippen LogP contribution in [0, 0.1) is 0 Å². The molecule has 0 atom stereocenters. The number of hydrogen-bond acceptors (Lipinski definition) is 4. The number of hydrogen-bond donors (Lipinski definition) is 0. The second kappa shape index (κ2) is 5.79. The van der Waals surface area contributed by atoms with Gasteiger partial charge in [-0.05, 0) is 17.9 Å². The first kappa shape index (κ1) is 15.0. The van der Waals surface area contributed by atoms with Gasteiger partial charge in [-0.1, -0.05) is 59.4 Å². The van der Waals surface area contributed by atoms with E-state index in [0.29, 0.717) is 6.54 Å². The first-order valence-electron chi connectivity index (χ1n) is 7.63. The molecule has 24 heavy (non-hydrogen) atoms. The predicted molar refractivity (Wildman–Crippen MR) is 97.0 cm³/mol. The summed E-state index contributed by atoms with van der Waals surface area (Å²) in [5.41, 5.74) is 5.73. The number of para-hydroxylation sites is 1. The normalized spacial score (nSPS) is 12.7. The monoisotopic (exact) mass is 336 g/mol. The fourth-order valence-electron chi connectivity index (χ4n) is 3.17. The van der Waals surface area contributed by atoms with E-state index in [9.17, 15) is 4.79 Å². The molecule has 3 aromatic rings. The fraction of sp³-hybridized carbons (Fsp3) is 0.167. The molecule has 0 fully saturated rings. The number of amides is 1. The Morgan fingerprint density at radius 3 is 2.58 bits per heavy atom. The van der Waals surface area contributed by atoms with Gasteiger partial charge in [-0.3, -0.25) is 9.69 Å². The molecular weight excluding hydrogens is 320 g/mol. The van der Waals surface area contributed by atoms with Crippen molar-refractivity contribution < 1.29 is 4.79 Å². The highest BCUT2D eigenvalue weighted by molar-refractivity contribution is 8.13. The van der Waals surface area contributed by atoms with Crippen molar-refractivity contribution in [1.82, 2.24) is 15.0 Å². The molecule has 0 bridgehead atoms. The van der Waals surface area contributed by atoms with Gasteiger partial charge in [0.05, 0.1) is 17.9 Å². The lowest BCUT2D eigenvalue weighted by atomic mass is 9.96. The first-order chi connectivity index (χ1) is 11.7. The topological polar surface area (TPSA) is 51.0 Å². The Balaban J connectivity index is 2.07. The second-order valence-corrected chi connectivity index (χ2v) is 6.40. The lowest BCUT2D eigenvalue weighted by Crippen LogP contribution is -2.28. The molecule has 2 aromatic carbocycles. The third-order valence-electron chi connectivity index (χ3n) is 4.27. The van der Waals surface area contributed by atoms with Gasteiger partial charge in [-0.25, -0.2) is 4.68 Å². The van der Waals surface area contributed by atoms with Gasteiger partial charge >= 0.3 is 0 Å². The molecule has 120 valence electrons. The van der Waals surface area contributed by atoms with Crippen LogP contribution in [0.25, 0.3) is 22.5 Å². The van der Waals surface area contributed by atoms with Crippen LogP contribution in [-0.4, -0.2) is 26.5 Å². The molecule has 1 amide bonds. The van der Waals surface area contributed by atoms with Crippen molar-refractivity contribution >= 4 is 22.7 Å². The Morgan fingerprint density at radius 2 is 1.79 bits per heavy atom. The number of fused-ring (bicyclic) bond motifs is 5. The van der Waals surface area contributed by atoms with Gasteiger partial charge < -0.3 is 0 Å². The number of benzene rings is 2. The molecule has 5 nitrogen and oxygen atoms in total. The summed E-state index contributed by atoms with van der Waals surface area (Å²) >= 11 is 1.22. The maximum absolute atomic E-state index is 12.6. The molecule has 0 saturated heterocycles. The van der Waals surface area contributed by atoms with Gasteiger partial charge in [0.2, 0.25) is 0 Å². The molecule has 0 radical (unpaired) electrons. The van der Waals surface area contributed by atoms with Crippen LogP contribution >= 0.6 is 11.8 Å². The Kier molecular flexibility index (Phi) is 3.61. The number of carbonyl (C=O) groups is 1. The molecule has 2 heterocycles. The van der Waals surface area contributed by atoms with Gasteiger partial charge in [-0.2, -0.15) is 0 Å². The minimum absolute atomic E-state index is 0.0181. The van der Waals surface area contributed by atoms with E-state index in [1.165, 1.54) is 11.8 Å². The summed E-state index contributed by atoms with van der Waals surface area (Å²) < 4.78 is 1.80. The van der Waals surface area contributed by atoms with Crippen LogP contribution in [0.1, 0.15) is 5.56 Å². The summed E-state index contributed by atoms with van der Waals surface area (Å²) in [7, 11) is 1.90. The smallest absolute Gasteiger partial charge is 0.286 e. The molecule has 0 saturated carbocycles. The van der Waals surface area contributed by atoms with Gasteiger partial charge in [0.1, 0.15) is 5.69 Å². The van der Waals surface area contributed by atoms with E-state index in [2.05, 4.69) is 22.4 Å². The average Bonchev–Trinajstić information content (AvgIpc) is 2.99. The van der Waals surface area contributed by atoms with Crippen molar-refractivity contribution in [3.8, 4) is 22.5 Å².